The monoisotopic (exact) mass is 393 g/mol. The molecule has 0 aliphatic carbocycles. The van der Waals surface area contributed by atoms with Crippen molar-refractivity contribution in [1.29, 1.82) is 0 Å². The minimum Gasteiger partial charge on any atom is -0.497 e. The Morgan fingerprint density at radius 1 is 1.10 bits per heavy atom. The predicted molar refractivity (Wildman–Crippen MR) is 117 cm³/mol. The Morgan fingerprint density at radius 3 is 2.59 bits per heavy atom. The average molecular weight is 394 g/mol. The Bertz CT molecular complexity index is 979. The van der Waals surface area contributed by atoms with Gasteiger partial charge in [0.15, 0.2) is 0 Å². The lowest BCUT2D eigenvalue weighted by Crippen LogP contribution is -2.13. The summed E-state index contributed by atoms with van der Waals surface area (Å²) in [4.78, 5) is 9.22. The normalized spacial score (nSPS) is 12.1. The summed E-state index contributed by atoms with van der Waals surface area (Å²) >= 11 is 0. The Labute approximate surface area is 173 Å². The van der Waals surface area contributed by atoms with E-state index in [1.165, 1.54) is 16.8 Å². The second-order valence-corrected chi connectivity index (χ2v) is 7.63. The number of nitrogens with zero attached hydrogens (tertiary/aromatic N) is 4. The molecule has 0 aliphatic rings. The molecule has 6 heteroatoms. The number of hydrogen-bond donors (Lipinski definition) is 1. The molecular formula is C23H31N5O. The number of aryl methyl sites for hydroxylation is 2. The number of benzene rings is 1. The van der Waals surface area contributed by atoms with Gasteiger partial charge in [0.05, 0.1) is 18.5 Å². The largest absolute Gasteiger partial charge is 0.497 e. The Balaban J connectivity index is 1.66. The Morgan fingerprint density at radius 2 is 1.90 bits per heavy atom. The summed E-state index contributed by atoms with van der Waals surface area (Å²) in [5.74, 6) is 2.78. The molecule has 2 aromatic heterocycles. The molecule has 3 aromatic rings. The first kappa shape index (κ1) is 20.8. The van der Waals surface area contributed by atoms with Crippen LogP contribution in [-0.4, -0.2) is 33.4 Å². The third kappa shape index (κ3) is 5.13. The van der Waals surface area contributed by atoms with Crippen LogP contribution in [-0.2, 0) is 13.0 Å². The first-order valence-electron chi connectivity index (χ1n) is 10.1. The van der Waals surface area contributed by atoms with Crippen LogP contribution in [0.25, 0.3) is 0 Å². The highest BCUT2D eigenvalue weighted by Crippen LogP contribution is 2.21. The second kappa shape index (κ2) is 9.07. The fraction of sp³-hybridized carbons (Fsp3) is 0.435. The van der Waals surface area contributed by atoms with Gasteiger partial charge in [0.25, 0.3) is 0 Å². The zero-order valence-electron chi connectivity index (χ0n) is 18.3. The molecule has 6 nitrogen and oxygen atoms in total. The van der Waals surface area contributed by atoms with Gasteiger partial charge >= 0.3 is 0 Å². The van der Waals surface area contributed by atoms with Gasteiger partial charge in [-0.2, -0.15) is 5.10 Å². The fourth-order valence-corrected chi connectivity index (χ4v) is 3.41. The maximum atomic E-state index is 5.30. The molecule has 0 fully saturated rings. The van der Waals surface area contributed by atoms with E-state index in [4.69, 9.17) is 4.74 Å². The molecule has 154 valence electrons. The summed E-state index contributed by atoms with van der Waals surface area (Å²) in [6.45, 7) is 12.0. The van der Waals surface area contributed by atoms with Crippen LogP contribution in [0.4, 0.5) is 5.82 Å². The summed E-state index contributed by atoms with van der Waals surface area (Å²) in [6, 6.07) is 10.2. The maximum Gasteiger partial charge on any atom is 0.129 e. The molecule has 0 bridgehead atoms. The first-order valence-corrected chi connectivity index (χ1v) is 10.1. The smallest absolute Gasteiger partial charge is 0.129 e. The highest BCUT2D eigenvalue weighted by molar-refractivity contribution is 5.38. The van der Waals surface area contributed by atoms with E-state index >= 15 is 0 Å². The van der Waals surface area contributed by atoms with E-state index in [0.717, 1.165) is 48.3 Å². The van der Waals surface area contributed by atoms with Gasteiger partial charge in [-0.3, -0.25) is 4.68 Å². The van der Waals surface area contributed by atoms with Gasteiger partial charge in [0, 0.05) is 30.8 Å². The number of methoxy groups -OCH3 is 1. The number of rotatable bonds is 8. The minimum absolute atomic E-state index is 0.244. The van der Waals surface area contributed by atoms with E-state index in [9.17, 15) is 0 Å². The quantitative estimate of drug-likeness (QED) is 0.615. The van der Waals surface area contributed by atoms with Crippen molar-refractivity contribution in [1.82, 2.24) is 19.7 Å². The van der Waals surface area contributed by atoms with Gasteiger partial charge in [0.1, 0.15) is 17.4 Å². The van der Waals surface area contributed by atoms with Crippen LogP contribution in [0.3, 0.4) is 0 Å². The standard InChI is InChI=1S/C23H31N5O/c1-15(14-28-18(4)16(2)17(3)27-28)22-13-23(26-19(5)25-22)24-11-10-20-8-7-9-21(12-20)29-6/h7-9,12-13,15H,10-11,14H2,1-6H3,(H,24,25,26). The van der Waals surface area contributed by atoms with E-state index in [-0.39, 0.29) is 5.92 Å². The summed E-state index contributed by atoms with van der Waals surface area (Å²) in [7, 11) is 1.69. The fourth-order valence-electron chi connectivity index (χ4n) is 3.41. The Hall–Kier alpha value is -2.89. The molecule has 1 N–H and O–H groups in total. The van der Waals surface area contributed by atoms with Crippen LogP contribution in [0.5, 0.6) is 5.75 Å². The highest BCUT2D eigenvalue weighted by Gasteiger charge is 2.14. The molecule has 1 unspecified atom stereocenters. The van der Waals surface area contributed by atoms with Crippen molar-refractivity contribution < 1.29 is 4.74 Å². The van der Waals surface area contributed by atoms with E-state index in [0.29, 0.717) is 0 Å². The average Bonchev–Trinajstić information content (AvgIpc) is 2.94. The van der Waals surface area contributed by atoms with Crippen LogP contribution in [0.15, 0.2) is 30.3 Å². The third-order valence-corrected chi connectivity index (χ3v) is 5.41. The Kier molecular flexibility index (Phi) is 6.52. The van der Waals surface area contributed by atoms with Crippen molar-refractivity contribution in [2.75, 3.05) is 19.0 Å². The van der Waals surface area contributed by atoms with Crippen LogP contribution >= 0.6 is 0 Å². The van der Waals surface area contributed by atoms with Gasteiger partial charge in [-0.1, -0.05) is 19.1 Å². The van der Waals surface area contributed by atoms with Gasteiger partial charge in [-0.05, 0) is 57.4 Å². The maximum absolute atomic E-state index is 5.30. The minimum atomic E-state index is 0.244. The summed E-state index contributed by atoms with van der Waals surface area (Å²) < 4.78 is 7.38. The van der Waals surface area contributed by atoms with Crippen molar-refractivity contribution in [2.24, 2.45) is 0 Å². The number of anilines is 1. The highest BCUT2D eigenvalue weighted by atomic mass is 16.5. The number of ether oxygens (including phenoxy) is 1. The second-order valence-electron chi connectivity index (χ2n) is 7.63. The SMILES string of the molecule is COc1cccc(CCNc2cc(C(C)Cn3nc(C)c(C)c3C)nc(C)n2)c1. The molecule has 0 spiro atoms. The molecule has 0 saturated heterocycles. The first-order chi connectivity index (χ1) is 13.9. The van der Waals surface area contributed by atoms with Gasteiger partial charge < -0.3 is 10.1 Å². The molecule has 29 heavy (non-hydrogen) atoms. The number of nitrogens with one attached hydrogen (secondary N) is 1. The van der Waals surface area contributed by atoms with Crippen LogP contribution in [0, 0.1) is 27.7 Å². The molecule has 1 aromatic carbocycles. The van der Waals surface area contributed by atoms with Crippen molar-refractivity contribution in [2.45, 2.75) is 53.5 Å². The van der Waals surface area contributed by atoms with E-state index in [2.05, 4.69) is 71.0 Å². The molecule has 2 heterocycles. The summed E-state index contributed by atoms with van der Waals surface area (Å²) in [5.41, 5.74) is 5.84. The molecule has 0 aliphatic heterocycles. The van der Waals surface area contributed by atoms with Gasteiger partial charge in [0.2, 0.25) is 0 Å². The van der Waals surface area contributed by atoms with E-state index in [1.807, 2.05) is 19.1 Å². The molecule has 1 atom stereocenters. The van der Waals surface area contributed by atoms with Crippen molar-refractivity contribution in [3.8, 4) is 5.75 Å². The summed E-state index contributed by atoms with van der Waals surface area (Å²) in [6.07, 6.45) is 0.899. The van der Waals surface area contributed by atoms with Gasteiger partial charge in [-0.25, -0.2) is 9.97 Å². The molecule has 0 amide bonds. The molecular weight excluding hydrogens is 362 g/mol. The molecule has 3 rings (SSSR count). The third-order valence-electron chi connectivity index (χ3n) is 5.41. The van der Waals surface area contributed by atoms with Crippen molar-refractivity contribution >= 4 is 5.82 Å². The van der Waals surface area contributed by atoms with Gasteiger partial charge in [-0.15, -0.1) is 0 Å². The topological polar surface area (TPSA) is 64.9 Å². The lowest BCUT2D eigenvalue weighted by Gasteiger charge is -2.15. The molecule has 0 radical (unpaired) electrons. The molecule has 0 saturated carbocycles. The van der Waals surface area contributed by atoms with Crippen molar-refractivity contribution in [3.63, 3.8) is 0 Å². The van der Waals surface area contributed by atoms with E-state index in [1.54, 1.807) is 7.11 Å². The lowest BCUT2D eigenvalue weighted by atomic mass is 10.1. The lowest BCUT2D eigenvalue weighted by molar-refractivity contribution is 0.414. The van der Waals surface area contributed by atoms with Crippen LogP contribution in [0.1, 0.15) is 46.9 Å². The summed E-state index contributed by atoms with van der Waals surface area (Å²) in [5, 5.41) is 8.11. The zero-order valence-corrected chi connectivity index (χ0v) is 18.3. The van der Waals surface area contributed by atoms with Crippen LogP contribution < -0.4 is 10.1 Å². The van der Waals surface area contributed by atoms with Crippen LogP contribution in [0.2, 0.25) is 0 Å². The number of aromatic nitrogens is 4. The zero-order chi connectivity index (χ0) is 21.0. The number of hydrogen-bond acceptors (Lipinski definition) is 5. The van der Waals surface area contributed by atoms with Crippen molar-refractivity contribution in [3.05, 3.63) is 64.4 Å². The predicted octanol–water partition coefficient (Wildman–Crippen LogP) is 4.37. The van der Waals surface area contributed by atoms with E-state index < -0.39 is 0 Å².